The average Bonchev–Trinajstić information content (AvgIpc) is 2.37. The second-order valence-electron chi connectivity index (χ2n) is 4.31. The van der Waals surface area contributed by atoms with Gasteiger partial charge in [-0.15, -0.1) is 0 Å². The van der Waals surface area contributed by atoms with E-state index in [-0.39, 0.29) is 18.7 Å². The molecule has 0 aliphatic carbocycles. The van der Waals surface area contributed by atoms with Crippen molar-refractivity contribution in [2.75, 3.05) is 26.3 Å². The number of hydrogen-bond donors (Lipinski definition) is 0. The van der Waals surface area contributed by atoms with Gasteiger partial charge in [0.2, 0.25) is 0 Å². The van der Waals surface area contributed by atoms with Crippen molar-refractivity contribution in [1.29, 1.82) is 0 Å². The van der Waals surface area contributed by atoms with Gasteiger partial charge in [-0.25, -0.2) is 4.79 Å². The van der Waals surface area contributed by atoms with E-state index < -0.39 is 0 Å². The number of piperidine rings is 1. The molecule has 0 N–H and O–H groups in total. The molecule has 0 atom stereocenters. The van der Waals surface area contributed by atoms with Crippen molar-refractivity contribution in [2.45, 2.75) is 26.2 Å². The summed E-state index contributed by atoms with van der Waals surface area (Å²) < 4.78 is 9.88. The Morgan fingerprint density at radius 2 is 2.00 bits per heavy atom. The van der Waals surface area contributed by atoms with Crippen LogP contribution in [0.15, 0.2) is 12.7 Å². The summed E-state index contributed by atoms with van der Waals surface area (Å²) in [5, 5.41) is 0. The number of nitrogens with zero attached hydrogens (tertiary/aromatic N) is 1. The lowest BCUT2D eigenvalue weighted by molar-refractivity contribution is -0.144. The number of carbonyl (C=O) groups is 2. The molecule has 0 unspecified atom stereocenters. The van der Waals surface area contributed by atoms with Gasteiger partial charge in [0.25, 0.3) is 0 Å². The first-order valence-corrected chi connectivity index (χ1v) is 6.35. The Hall–Kier alpha value is -1.52. The van der Waals surface area contributed by atoms with Crippen LogP contribution in [0.5, 0.6) is 0 Å². The quantitative estimate of drug-likeness (QED) is 0.556. The monoisotopic (exact) mass is 255 g/mol. The molecule has 5 heteroatoms. The fraction of sp³-hybridized carbons (Fsp3) is 0.692. The van der Waals surface area contributed by atoms with Crippen molar-refractivity contribution in [2.24, 2.45) is 5.92 Å². The van der Waals surface area contributed by atoms with Crippen LogP contribution >= 0.6 is 0 Å². The first kappa shape index (κ1) is 14.5. The van der Waals surface area contributed by atoms with E-state index >= 15 is 0 Å². The van der Waals surface area contributed by atoms with E-state index in [1.807, 2.05) is 0 Å². The Morgan fingerprint density at radius 3 is 2.56 bits per heavy atom. The van der Waals surface area contributed by atoms with Crippen molar-refractivity contribution < 1.29 is 19.1 Å². The molecule has 1 saturated heterocycles. The molecule has 0 saturated carbocycles. The molecule has 0 bridgehead atoms. The van der Waals surface area contributed by atoms with Crippen LogP contribution in [-0.2, 0) is 14.3 Å². The Bertz CT molecular complexity index is 295. The molecular formula is C13H21NO4. The number of likely N-dealkylation sites (tertiary alicyclic amines) is 1. The fourth-order valence-electron chi connectivity index (χ4n) is 2.00. The molecule has 5 nitrogen and oxygen atoms in total. The smallest absolute Gasteiger partial charge is 0.410 e. The molecule has 0 aromatic carbocycles. The summed E-state index contributed by atoms with van der Waals surface area (Å²) in [5.41, 5.74) is 0. The molecule has 102 valence electrons. The molecule has 1 aliphatic heterocycles. The zero-order chi connectivity index (χ0) is 13.4. The second kappa shape index (κ2) is 7.74. The summed E-state index contributed by atoms with van der Waals surface area (Å²) in [6.45, 7) is 7.23. The van der Waals surface area contributed by atoms with Gasteiger partial charge in [-0.2, -0.15) is 0 Å². The number of ether oxygens (including phenoxy) is 2. The van der Waals surface area contributed by atoms with Crippen LogP contribution < -0.4 is 0 Å². The van der Waals surface area contributed by atoms with Gasteiger partial charge in [0, 0.05) is 19.5 Å². The van der Waals surface area contributed by atoms with Gasteiger partial charge in [-0.05, 0) is 25.7 Å². The predicted molar refractivity (Wildman–Crippen MR) is 67.1 cm³/mol. The lowest BCUT2D eigenvalue weighted by atomic mass is 9.94. The highest BCUT2D eigenvalue weighted by molar-refractivity contribution is 5.70. The minimum atomic E-state index is -0.301. The van der Waals surface area contributed by atoms with Crippen LogP contribution in [0, 0.1) is 5.92 Å². The first-order chi connectivity index (χ1) is 8.67. The first-order valence-electron chi connectivity index (χ1n) is 6.35. The second-order valence-corrected chi connectivity index (χ2v) is 4.31. The van der Waals surface area contributed by atoms with Crippen LogP contribution in [0.25, 0.3) is 0 Å². The number of amides is 1. The highest BCUT2D eigenvalue weighted by atomic mass is 16.6. The summed E-state index contributed by atoms with van der Waals surface area (Å²) >= 11 is 0. The summed E-state index contributed by atoms with van der Waals surface area (Å²) in [4.78, 5) is 24.6. The minimum Gasteiger partial charge on any atom is -0.466 e. The Morgan fingerprint density at radius 1 is 1.33 bits per heavy atom. The molecule has 0 radical (unpaired) electrons. The van der Waals surface area contributed by atoms with E-state index in [2.05, 4.69) is 6.58 Å². The molecular weight excluding hydrogens is 234 g/mol. The predicted octanol–water partition coefficient (Wildman–Crippen LogP) is 1.97. The van der Waals surface area contributed by atoms with Crippen molar-refractivity contribution in [3.63, 3.8) is 0 Å². The fourth-order valence-corrected chi connectivity index (χ4v) is 2.00. The molecule has 1 amide bonds. The van der Waals surface area contributed by atoms with Gasteiger partial charge in [-0.3, -0.25) is 4.79 Å². The maximum atomic E-state index is 11.6. The van der Waals surface area contributed by atoms with E-state index in [4.69, 9.17) is 9.47 Å². The van der Waals surface area contributed by atoms with Crippen molar-refractivity contribution in [3.8, 4) is 0 Å². The Balaban J connectivity index is 2.25. The van der Waals surface area contributed by atoms with Crippen LogP contribution in [0.1, 0.15) is 26.2 Å². The zero-order valence-corrected chi connectivity index (χ0v) is 10.9. The van der Waals surface area contributed by atoms with E-state index in [0.29, 0.717) is 32.0 Å². The number of esters is 1. The van der Waals surface area contributed by atoms with Gasteiger partial charge in [0.1, 0.15) is 6.61 Å². The van der Waals surface area contributed by atoms with E-state index in [0.717, 1.165) is 12.8 Å². The molecule has 1 fully saturated rings. The van der Waals surface area contributed by atoms with Crippen molar-refractivity contribution >= 4 is 12.1 Å². The van der Waals surface area contributed by atoms with Crippen LogP contribution in [0.4, 0.5) is 4.79 Å². The Kier molecular flexibility index (Phi) is 6.25. The van der Waals surface area contributed by atoms with Gasteiger partial charge < -0.3 is 14.4 Å². The SMILES string of the molecule is C=CCOC(=O)N1CCC(CC(=O)OCC)CC1. The standard InChI is InChI=1S/C13H21NO4/c1-3-9-18-13(16)14-7-5-11(6-8-14)10-12(15)17-4-2/h3,11H,1,4-10H2,2H3. The van der Waals surface area contributed by atoms with E-state index in [1.165, 1.54) is 0 Å². The normalized spacial score (nSPS) is 16.2. The summed E-state index contributed by atoms with van der Waals surface area (Å²) in [5.74, 6) is 0.165. The third kappa shape index (κ3) is 4.77. The molecule has 18 heavy (non-hydrogen) atoms. The van der Waals surface area contributed by atoms with Crippen molar-refractivity contribution in [3.05, 3.63) is 12.7 Å². The summed E-state index contributed by atoms with van der Waals surface area (Å²) in [7, 11) is 0. The molecule has 1 rings (SSSR count). The average molecular weight is 255 g/mol. The van der Waals surface area contributed by atoms with Gasteiger partial charge >= 0.3 is 12.1 Å². The van der Waals surface area contributed by atoms with Crippen molar-refractivity contribution in [1.82, 2.24) is 4.90 Å². The van der Waals surface area contributed by atoms with Gasteiger partial charge in [-0.1, -0.05) is 12.7 Å². The van der Waals surface area contributed by atoms with Crippen LogP contribution in [0.2, 0.25) is 0 Å². The molecule has 1 aliphatic rings. The highest BCUT2D eigenvalue weighted by Crippen LogP contribution is 2.21. The number of rotatable bonds is 5. The molecule has 0 aromatic rings. The van der Waals surface area contributed by atoms with Gasteiger partial charge in [0.15, 0.2) is 0 Å². The van der Waals surface area contributed by atoms with Gasteiger partial charge in [0.05, 0.1) is 6.61 Å². The highest BCUT2D eigenvalue weighted by Gasteiger charge is 2.25. The third-order valence-corrected chi connectivity index (χ3v) is 2.96. The lowest BCUT2D eigenvalue weighted by Gasteiger charge is -2.30. The number of hydrogen-bond acceptors (Lipinski definition) is 4. The summed E-state index contributed by atoms with van der Waals surface area (Å²) in [6, 6.07) is 0. The maximum absolute atomic E-state index is 11.6. The molecule has 0 spiro atoms. The van der Waals surface area contributed by atoms with Crippen LogP contribution in [0.3, 0.4) is 0 Å². The minimum absolute atomic E-state index is 0.148. The topological polar surface area (TPSA) is 55.8 Å². The molecule has 1 heterocycles. The third-order valence-electron chi connectivity index (χ3n) is 2.96. The Labute approximate surface area is 108 Å². The van der Waals surface area contributed by atoms with E-state index in [1.54, 1.807) is 17.9 Å². The lowest BCUT2D eigenvalue weighted by Crippen LogP contribution is -2.39. The van der Waals surface area contributed by atoms with E-state index in [9.17, 15) is 9.59 Å². The largest absolute Gasteiger partial charge is 0.466 e. The maximum Gasteiger partial charge on any atom is 0.410 e. The zero-order valence-electron chi connectivity index (χ0n) is 10.9. The molecule has 0 aromatic heterocycles. The van der Waals surface area contributed by atoms with Crippen LogP contribution in [-0.4, -0.2) is 43.3 Å². The number of carbonyl (C=O) groups excluding carboxylic acids is 2. The summed E-state index contributed by atoms with van der Waals surface area (Å²) in [6.07, 6.45) is 3.34.